The number of aromatic nitrogens is 1. The van der Waals surface area contributed by atoms with Gasteiger partial charge in [0.25, 0.3) is 5.91 Å². The topological polar surface area (TPSA) is 57.8 Å². The average molecular weight is 243 g/mol. The van der Waals surface area contributed by atoms with Gasteiger partial charge in [0.05, 0.1) is 5.56 Å². The summed E-state index contributed by atoms with van der Waals surface area (Å²) >= 11 is 0. The first kappa shape index (κ1) is 11.9. The molecule has 0 aliphatic heterocycles. The van der Waals surface area contributed by atoms with Crippen LogP contribution in [0.25, 0.3) is 0 Å². The summed E-state index contributed by atoms with van der Waals surface area (Å²) in [6.45, 7) is 0. The Morgan fingerprint density at radius 3 is 2.83 bits per heavy atom. The van der Waals surface area contributed by atoms with Crippen LogP contribution in [-0.4, -0.2) is 10.5 Å². The van der Waals surface area contributed by atoms with Crippen molar-refractivity contribution in [3.8, 4) is 6.07 Å². The van der Waals surface area contributed by atoms with Gasteiger partial charge in [-0.15, -0.1) is 0 Å². The highest BCUT2D eigenvalue weighted by molar-refractivity contribution is 6.03. The predicted octanol–water partition coefficient (Wildman–Crippen LogP) is 2.29. The van der Waals surface area contributed by atoms with Crippen LogP contribution in [0.3, 0.4) is 0 Å². The number of anilines is 1. The van der Waals surface area contributed by atoms with Crippen LogP contribution in [0, 0.1) is 17.1 Å². The van der Waals surface area contributed by atoms with E-state index in [0.29, 0.717) is 11.4 Å². The maximum atomic E-state index is 13.1. The van der Waals surface area contributed by atoms with E-state index in [2.05, 4.69) is 5.32 Å². The molecule has 4 nitrogen and oxygen atoms in total. The van der Waals surface area contributed by atoms with Crippen molar-refractivity contribution in [2.45, 2.75) is 0 Å². The molecule has 0 fully saturated rings. The van der Waals surface area contributed by atoms with Crippen molar-refractivity contribution in [3.63, 3.8) is 0 Å². The van der Waals surface area contributed by atoms with E-state index >= 15 is 0 Å². The lowest BCUT2D eigenvalue weighted by Crippen LogP contribution is -2.15. The first-order valence-corrected chi connectivity index (χ1v) is 5.24. The van der Waals surface area contributed by atoms with E-state index in [9.17, 15) is 9.18 Å². The first-order valence-electron chi connectivity index (χ1n) is 5.24. The molecule has 0 bridgehead atoms. The normalized spacial score (nSPS) is 9.83. The van der Waals surface area contributed by atoms with Crippen LogP contribution >= 0.6 is 0 Å². The van der Waals surface area contributed by atoms with Crippen molar-refractivity contribution in [1.29, 1.82) is 5.26 Å². The van der Waals surface area contributed by atoms with Gasteiger partial charge in [-0.2, -0.15) is 5.26 Å². The molecule has 1 aromatic carbocycles. The molecular formula is C13H10FN3O. The van der Waals surface area contributed by atoms with Crippen molar-refractivity contribution < 1.29 is 9.18 Å². The molecule has 0 spiro atoms. The molecule has 1 heterocycles. The molecule has 5 heteroatoms. The van der Waals surface area contributed by atoms with Crippen molar-refractivity contribution in [2.75, 3.05) is 5.32 Å². The number of nitrogens with zero attached hydrogens (tertiary/aromatic N) is 2. The number of rotatable bonds is 2. The van der Waals surface area contributed by atoms with E-state index < -0.39 is 5.82 Å². The van der Waals surface area contributed by atoms with E-state index in [1.807, 2.05) is 0 Å². The average Bonchev–Trinajstić information content (AvgIpc) is 2.78. The Balaban J connectivity index is 2.23. The molecule has 90 valence electrons. The summed E-state index contributed by atoms with van der Waals surface area (Å²) in [6.07, 6.45) is 1.75. The zero-order chi connectivity index (χ0) is 13.1. The monoisotopic (exact) mass is 243 g/mol. The molecule has 2 rings (SSSR count). The summed E-state index contributed by atoms with van der Waals surface area (Å²) in [5.41, 5.74) is 0.775. The van der Waals surface area contributed by atoms with E-state index in [4.69, 9.17) is 5.26 Å². The minimum atomic E-state index is -0.602. The van der Waals surface area contributed by atoms with Gasteiger partial charge < -0.3 is 9.88 Å². The lowest BCUT2D eigenvalue weighted by Gasteiger charge is -2.06. The number of carbonyl (C=O) groups is 1. The number of benzene rings is 1. The summed E-state index contributed by atoms with van der Waals surface area (Å²) in [4.78, 5) is 11.9. The fraction of sp³-hybridized carbons (Fsp3) is 0.0769. The van der Waals surface area contributed by atoms with Crippen molar-refractivity contribution in [2.24, 2.45) is 7.05 Å². The van der Waals surface area contributed by atoms with Gasteiger partial charge in [-0.25, -0.2) is 4.39 Å². The zero-order valence-corrected chi connectivity index (χ0v) is 9.64. The molecule has 1 N–H and O–H groups in total. The summed E-state index contributed by atoms with van der Waals surface area (Å²) in [5, 5.41) is 11.3. The number of amides is 1. The third kappa shape index (κ3) is 2.23. The van der Waals surface area contributed by atoms with Gasteiger partial charge >= 0.3 is 0 Å². The van der Waals surface area contributed by atoms with Gasteiger partial charge in [-0.05, 0) is 30.3 Å². The van der Waals surface area contributed by atoms with E-state index in [1.54, 1.807) is 36.0 Å². The smallest absolute Gasteiger partial charge is 0.272 e. The molecule has 0 aliphatic rings. The molecule has 18 heavy (non-hydrogen) atoms. The Kier molecular flexibility index (Phi) is 3.11. The van der Waals surface area contributed by atoms with Gasteiger partial charge in [0.15, 0.2) is 0 Å². The second kappa shape index (κ2) is 4.72. The number of nitriles is 1. The van der Waals surface area contributed by atoms with Crippen LogP contribution in [0.2, 0.25) is 0 Å². The van der Waals surface area contributed by atoms with Crippen LogP contribution in [0.1, 0.15) is 16.1 Å². The quantitative estimate of drug-likeness (QED) is 0.879. The molecule has 0 atom stereocenters. The number of hydrogen-bond donors (Lipinski definition) is 1. The highest BCUT2D eigenvalue weighted by atomic mass is 19.1. The Morgan fingerprint density at radius 1 is 1.44 bits per heavy atom. The van der Waals surface area contributed by atoms with Gasteiger partial charge in [0, 0.05) is 18.9 Å². The van der Waals surface area contributed by atoms with Crippen LogP contribution in [-0.2, 0) is 7.05 Å². The Bertz CT molecular complexity index is 640. The zero-order valence-electron chi connectivity index (χ0n) is 9.64. The third-order valence-electron chi connectivity index (χ3n) is 2.52. The number of carbonyl (C=O) groups excluding carboxylic acids is 1. The Morgan fingerprint density at radius 2 is 2.22 bits per heavy atom. The second-order valence-electron chi connectivity index (χ2n) is 3.76. The van der Waals surface area contributed by atoms with Crippen molar-refractivity contribution >= 4 is 11.6 Å². The van der Waals surface area contributed by atoms with Crippen molar-refractivity contribution in [3.05, 3.63) is 53.6 Å². The molecule has 2 aromatic rings. The van der Waals surface area contributed by atoms with Crippen LogP contribution in [0.5, 0.6) is 0 Å². The maximum Gasteiger partial charge on any atom is 0.272 e. The lowest BCUT2D eigenvalue weighted by atomic mass is 10.2. The van der Waals surface area contributed by atoms with E-state index in [0.717, 1.165) is 6.07 Å². The minimum absolute atomic E-state index is 0.0975. The standard InChI is InChI=1S/C13H10FN3O/c1-17-6-2-3-12(17)13(18)16-10-4-5-11(14)9(7-10)8-15/h2-7H,1H3,(H,16,18). The Hall–Kier alpha value is -2.61. The molecule has 1 amide bonds. The first-order chi connectivity index (χ1) is 8.61. The van der Waals surface area contributed by atoms with Gasteiger partial charge in [-0.1, -0.05) is 0 Å². The molecule has 0 unspecified atom stereocenters. The van der Waals surface area contributed by atoms with Gasteiger partial charge in [-0.3, -0.25) is 4.79 Å². The molecule has 0 saturated carbocycles. The van der Waals surface area contributed by atoms with Crippen LogP contribution in [0.15, 0.2) is 36.5 Å². The SMILES string of the molecule is Cn1cccc1C(=O)Nc1ccc(F)c(C#N)c1. The second-order valence-corrected chi connectivity index (χ2v) is 3.76. The number of nitrogens with one attached hydrogen (secondary N) is 1. The maximum absolute atomic E-state index is 13.1. The third-order valence-corrected chi connectivity index (χ3v) is 2.52. The fourth-order valence-electron chi connectivity index (χ4n) is 1.58. The highest BCUT2D eigenvalue weighted by Crippen LogP contribution is 2.15. The number of hydrogen-bond acceptors (Lipinski definition) is 2. The summed E-state index contributed by atoms with van der Waals surface area (Å²) < 4.78 is 14.8. The predicted molar refractivity (Wildman–Crippen MR) is 64.5 cm³/mol. The van der Waals surface area contributed by atoms with Gasteiger partial charge in [0.1, 0.15) is 17.6 Å². The molecule has 1 aromatic heterocycles. The van der Waals surface area contributed by atoms with Crippen LogP contribution < -0.4 is 5.32 Å². The summed E-state index contributed by atoms with van der Waals surface area (Å²) in [5.74, 6) is -0.910. The number of halogens is 1. The molecule has 0 radical (unpaired) electrons. The lowest BCUT2D eigenvalue weighted by molar-refractivity contribution is 0.101. The Labute approximate surface area is 103 Å². The largest absolute Gasteiger partial charge is 0.347 e. The molecule has 0 aliphatic carbocycles. The summed E-state index contributed by atoms with van der Waals surface area (Å²) in [7, 11) is 1.75. The van der Waals surface area contributed by atoms with Crippen LogP contribution in [0.4, 0.5) is 10.1 Å². The summed E-state index contributed by atoms with van der Waals surface area (Å²) in [6, 6.07) is 9.01. The van der Waals surface area contributed by atoms with Crippen molar-refractivity contribution in [1.82, 2.24) is 4.57 Å². The fourth-order valence-corrected chi connectivity index (χ4v) is 1.58. The van der Waals surface area contributed by atoms with Gasteiger partial charge in [0.2, 0.25) is 0 Å². The molecular weight excluding hydrogens is 233 g/mol. The highest BCUT2D eigenvalue weighted by Gasteiger charge is 2.10. The molecule has 0 saturated heterocycles. The minimum Gasteiger partial charge on any atom is -0.347 e. The van der Waals surface area contributed by atoms with E-state index in [1.165, 1.54) is 12.1 Å². The van der Waals surface area contributed by atoms with E-state index in [-0.39, 0.29) is 11.5 Å². The number of aryl methyl sites for hydroxylation is 1.